The van der Waals surface area contributed by atoms with Gasteiger partial charge in [0.15, 0.2) is 0 Å². The fourth-order valence-electron chi connectivity index (χ4n) is 4.31. The van der Waals surface area contributed by atoms with Crippen molar-refractivity contribution in [2.45, 2.75) is 96.6 Å². The number of unbranched alkanes of at least 4 members (excludes halogenated alkanes) is 3. The lowest BCUT2D eigenvalue weighted by Crippen LogP contribution is -2.64. The van der Waals surface area contributed by atoms with Gasteiger partial charge in [0.25, 0.3) is 0 Å². The van der Waals surface area contributed by atoms with Gasteiger partial charge in [-0.2, -0.15) is 0 Å². The van der Waals surface area contributed by atoms with Crippen LogP contribution in [0.1, 0.15) is 85.0 Å². The summed E-state index contributed by atoms with van der Waals surface area (Å²) in [6.07, 6.45) is 14.2. The molecule has 2 fully saturated rings. The molecule has 2 unspecified atom stereocenters. The van der Waals surface area contributed by atoms with Crippen molar-refractivity contribution in [2.24, 2.45) is 5.92 Å². The minimum absolute atomic E-state index is 0.343. The largest absolute Gasteiger partial charge is 0.309 e. The molecule has 0 radical (unpaired) electrons. The van der Waals surface area contributed by atoms with Crippen molar-refractivity contribution >= 4 is 0 Å². The number of nitrogens with zero attached hydrogens (tertiary/aromatic N) is 1. The fourth-order valence-corrected chi connectivity index (χ4v) is 4.31. The van der Waals surface area contributed by atoms with Gasteiger partial charge in [0.05, 0.1) is 0 Å². The lowest BCUT2D eigenvalue weighted by Gasteiger charge is -2.49. The lowest BCUT2D eigenvalue weighted by molar-refractivity contribution is 0.0393. The normalized spacial score (nSPS) is 32.4. The first-order valence-corrected chi connectivity index (χ1v) is 9.67. The molecular formula is C19H38N2. The number of hydrogen-bond acceptors (Lipinski definition) is 2. The van der Waals surface area contributed by atoms with Gasteiger partial charge in [-0.15, -0.1) is 0 Å². The second kappa shape index (κ2) is 8.53. The van der Waals surface area contributed by atoms with Crippen LogP contribution >= 0.6 is 0 Å². The third kappa shape index (κ3) is 4.96. The molecule has 2 aliphatic rings. The van der Waals surface area contributed by atoms with Crippen molar-refractivity contribution in [3.05, 3.63) is 0 Å². The molecule has 2 atom stereocenters. The van der Waals surface area contributed by atoms with Gasteiger partial charge in [0.2, 0.25) is 0 Å². The van der Waals surface area contributed by atoms with Crippen LogP contribution in [0.15, 0.2) is 0 Å². The first kappa shape index (κ1) is 17.3. The first-order valence-electron chi connectivity index (χ1n) is 9.67. The molecule has 1 saturated heterocycles. The predicted molar refractivity (Wildman–Crippen MR) is 92.8 cm³/mol. The van der Waals surface area contributed by atoms with E-state index in [1.165, 1.54) is 83.8 Å². The molecule has 1 aliphatic heterocycles. The second-order valence-corrected chi connectivity index (χ2v) is 7.79. The quantitative estimate of drug-likeness (QED) is 0.691. The van der Waals surface area contributed by atoms with Gasteiger partial charge in [0, 0.05) is 24.7 Å². The maximum atomic E-state index is 3.88. The van der Waals surface area contributed by atoms with Crippen molar-refractivity contribution in [1.82, 2.24) is 10.2 Å². The van der Waals surface area contributed by atoms with Gasteiger partial charge in [-0.25, -0.2) is 0 Å². The molecule has 0 aromatic rings. The van der Waals surface area contributed by atoms with Crippen molar-refractivity contribution in [3.8, 4) is 0 Å². The van der Waals surface area contributed by atoms with Crippen LogP contribution in [0.3, 0.4) is 0 Å². The predicted octanol–water partition coefficient (Wildman–Crippen LogP) is 4.59. The number of rotatable bonds is 7. The van der Waals surface area contributed by atoms with Crippen molar-refractivity contribution in [3.63, 3.8) is 0 Å². The molecule has 21 heavy (non-hydrogen) atoms. The SMILES string of the molecule is CCCCCCN1CC(C)(CC)NCC1C1CCCCC1. The Labute approximate surface area is 133 Å². The molecule has 0 spiro atoms. The van der Waals surface area contributed by atoms with E-state index in [1.807, 2.05) is 0 Å². The zero-order chi connectivity index (χ0) is 15.1. The summed E-state index contributed by atoms with van der Waals surface area (Å²) in [6, 6.07) is 0.812. The average molecular weight is 295 g/mol. The van der Waals surface area contributed by atoms with Gasteiger partial charge in [-0.1, -0.05) is 52.4 Å². The Morgan fingerprint density at radius 2 is 1.81 bits per heavy atom. The molecule has 2 rings (SSSR count). The van der Waals surface area contributed by atoms with Crippen LogP contribution in [0.5, 0.6) is 0 Å². The molecule has 0 bridgehead atoms. The monoisotopic (exact) mass is 294 g/mol. The van der Waals surface area contributed by atoms with Crippen LogP contribution in [0, 0.1) is 5.92 Å². The van der Waals surface area contributed by atoms with E-state index in [4.69, 9.17) is 0 Å². The summed E-state index contributed by atoms with van der Waals surface area (Å²) in [7, 11) is 0. The van der Waals surface area contributed by atoms with Crippen LogP contribution in [-0.2, 0) is 0 Å². The Morgan fingerprint density at radius 1 is 1.05 bits per heavy atom. The van der Waals surface area contributed by atoms with Gasteiger partial charge < -0.3 is 5.32 Å². The van der Waals surface area contributed by atoms with Gasteiger partial charge >= 0.3 is 0 Å². The molecule has 1 heterocycles. The Kier molecular flexibility index (Phi) is 7.01. The summed E-state index contributed by atoms with van der Waals surface area (Å²) < 4.78 is 0. The number of piperazine rings is 1. The molecule has 0 aromatic heterocycles. The zero-order valence-corrected chi connectivity index (χ0v) is 14.8. The highest BCUT2D eigenvalue weighted by Gasteiger charge is 2.37. The Balaban J connectivity index is 1.92. The van der Waals surface area contributed by atoms with Crippen LogP contribution < -0.4 is 5.32 Å². The first-order chi connectivity index (χ1) is 10.2. The maximum absolute atomic E-state index is 3.88. The molecular weight excluding hydrogens is 256 g/mol. The Hall–Kier alpha value is -0.0800. The number of nitrogens with one attached hydrogen (secondary N) is 1. The van der Waals surface area contributed by atoms with E-state index in [2.05, 4.69) is 31.0 Å². The average Bonchev–Trinajstić information content (AvgIpc) is 2.53. The number of hydrogen-bond donors (Lipinski definition) is 1. The second-order valence-electron chi connectivity index (χ2n) is 7.79. The summed E-state index contributed by atoms with van der Waals surface area (Å²) in [4.78, 5) is 2.87. The van der Waals surface area contributed by atoms with E-state index < -0.39 is 0 Å². The molecule has 1 aliphatic carbocycles. The molecule has 1 saturated carbocycles. The minimum Gasteiger partial charge on any atom is -0.309 e. The van der Waals surface area contributed by atoms with E-state index in [1.54, 1.807) is 0 Å². The van der Waals surface area contributed by atoms with E-state index in [-0.39, 0.29) is 0 Å². The van der Waals surface area contributed by atoms with Crippen LogP contribution in [-0.4, -0.2) is 36.1 Å². The molecule has 0 aromatic carbocycles. The minimum atomic E-state index is 0.343. The van der Waals surface area contributed by atoms with Crippen molar-refractivity contribution in [2.75, 3.05) is 19.6 Å². The summed E-state index contributed by atoms with van der Waals surface area (Å²) in [5.74, 6) is 0.957. The van der Waals surface area contributed by atoms with Crippen LogP contribution in [0.25, 0.3) is 0 Å². The smallest absolute Gasteiger partial charge is 0.0278 e. The molecule has 2 nitrogen and oxygen atoms in total. The standard InChI is InChI=1S/C19H38N2/c1-4-6-7-11-14-21-16-19(3,5-2)20-15-18(21)17-12-9-8-10-13-17/h17-18,20H,4-16H2,1-3H3. The van der Waals surface area contributed by atoms with E-state index in [9.17, 15) is 0 Å². The highest BCUT2D eigenvalue weighted by atomic mass is 15.3. The Morgan fingerprint density at radius 3 is 2.48 bits per heavy atom. The summed E-state index contributed by atoms with van der Waals surface area (Å²) in [6.45, 7) is 10.9. The molecule has 124 valence electrons. The topological polar surface area (TPSA) is 15.3 Å². The maximum Gasteiger partial charge on any atom is 0.0278 e. The van der Waals surface area contributed by atoms with Gasteiger partial charge in [0.1, 0.15) is 0 Å². The zero-order valence-electron chi connectivity index (χ0n) is 14.8. The van der Waals surface area contributed by atoms with E-state index in [0.717, 1.165) is 12.0 Å². The molecule has 1 N–H and O–H groups in total. The van der Waals surface area contributed by atoms with Gasteiger partial charge in [-0.3, -0.25) is 4.90 Å². The van der Waals surface area contributed by atoms with Crippen LogP contribution in [0.2, 0.25) is 0 Å². The van der Waals surface area contributed by atoms with E-state index >= 15 is 0 Å². The molecule has 0 amide bonds. The van der Waals surface area contributed by atoms with Crippen LogP contribution in [0.4, 0.5) is 0 Å². The highest BCUT2D eigenvalue weighted by Crippen LogP contribution is 2.32. The fraction of sp³-hybridized carbons (Fsp3) is 1.00. The third-order valence-corrected chi connectivity index (χ3v) is 6.03. The lowest BCUT2D eigenvalue weighted by atomic mass is 9.80. The summed E-state index contributed by atoms with van der Waals surface area (Å²) in [5, 5.41) is 3.88. The summed E-state index contributed by atoms with van der Waals surface area (Å²) >= 11 is 0. The Bertz CT molecular complexity index is 285. The molecule has 2 heteroatoms. The van der Waals surface area contributed by atoms with Crippen molar-refractivity contribution < 1.29 is 0 Å². The summed E-state index contributed by atoms with van der Waals surface area (Å²) in [5.41, 5.74) is 0.343. The highest BCUT2D eigenvalue weighted by molar-refractivity contribution is 4.97. The van der Waals surface area contributed by atoms with E-state index in [0.29, 0.717) is 5.54 Å². The van der Waals surface area contributed by atoms with Gasteiger partial charge in [-0.05, 0) is 45.1 Å². The third-order valence-electron chi connectivity index (χ3n) is 6.03. The van der Waals surface area contributed by atoms with Crippen molar-refractivity contribution in [1.29, 1.82) is 0 Å².